The number of methoxy groups -OCH3 is 1. The molecule has 0 fully saturated rings. The third-order valence-electron chi connectivity index (χ3n) is 3.40. The molecule has 0 saturated heterocycles. The van der Waals surface area contributed by atoms with E-state index in [0.717, 1.165) is 44.3 Å². The van der Waals surface area contributed by atoms with Gasteiger partial charge in [0.25, 0.3) is 0 Å². The van der Waals surface area contributed by atoms with Crippen LogP contribution in [0.4, 0.5) is 0 Å². The van der Waals surface area contributed by atoms with Gasteiger partial charge in [-0.15, -0.1) is 11.3 Å². The Hall–Kier alpha value is -1.18. The molecule has 0 saturated carbocycles. The fourth-order valence-corrected chi connectivity index (χ4v) is 2.85. The van der Waals surface area contributed by atoms with E-state index >= 15 is 0 Å². The van der Waals surface area contributed by atoms with E-state index in [4.69, 9.17) is 4.74 Å². The van der Waals surface area contributed by atoms with Crippen molar-refractivity contribution in [3.63, 3.8) is 0 Å². The zero-order chi connectivity index (χ0) is 17.1. The molecule has 0 radical (unpaired) electrons. The number of guanidine groups is 1. The molecule has 0 bridgehead atoms. The number of hydrogen-bond acceptors (Lipinski definition) is 5. The van der Waals surface area contributed by atoms with Crippen LogP contribution in [-0.4, -0.2) is 63.3 Å². The highest BCUT2D eigenvalue weighted by Gasteiger charge is 2.06. The lowest BCUT2D eigenvalue weighted by Crippen LogP contribution is -2.40. The second kappa shape index (κ2) is 11.4. The van der Waals surface area contributed by atoms with Gasteiger partial charge in [-0.1, -0.05) is 13.8 Å². The number of hydrogen-bond donors (Lipinski definition) is 2. The number of rotatable bonds is 10. The van der Waals surface area contributed by atoms with E-state index in [1.807, 2.05) is 0 Å². The van der Waals surface area contributed by atoms with Gasteiger partial charge in [0.15, 0.2) is 5.96 Å². The van der Waals surface area contributed by atoms with Crippen LogP contribution in [0.2, 0.25) is 0 Å². The van der Waals surface area contributed by atoms with Crippen LogP contribution in [0.3, 0.4) is 0 Å². The van der Waals surface area contributed by atoms with Gasteiger partial charge in [0.1, 0.15) is 0 Å². The quantitative estimate of drug-likeness (QED) is 0.387. The van der Waals surface area contributed by atoms with Gasteiger partial charge in [-0.3, -0.25) is 4.99 Å². The summed E-state index contributed by atoms with van der Waals surface area (Å²) in [6, 6.07) is 0. The van der Waals surface area contributed by atoms with Gasteiger partial charge < -0.3 is 20.3 Å². The molecule has 0 spiro atoms. The summed E-state index contributed by atoms with van der Waals surface area (Å²) in [5.74, 6) is 1.30. The van der Waals surface area contributed by atoms with Crippen molar-refractivity contribution in [3.05, 3.63) is 16.1 Å². The molecule has 1 heterocycles. The molecule has 0 aliphatic rings. The SMILES string of the molecule is CN=C(NCCN(C)CCCOC)NCc1csc(C(C)C)n1. The first-order valence-corrected chi connectivity index (χ1v) is 9.01. The maximum atomic E-state index is 5.07. The van der Waals surface area contributed by atoms with Gasteiger partial charge in [-0.25, -0.2) is 4.98 Å². The van der Waals surface area contributed by atoms with E-state index in [1.165, 1.54) is 5.01 Å². The van der Waals surface area contributed by atoms with Gasteiger partial charge in [0, 0.05) is 51.7 Å². The first-order valence-electron chi connectivity index (χ1n) is 8.13. The number of aromatic nitrogens is 1. The van der Waals surface area contributed by atoms with E-state index < -0.39 is 0 Å². The summed E-state index contributed by atoms with van der Waals surface area (Å²) in [7, 11) is 5.65. The Morgan fingerprint density at radius 1 is 1.39 bits per heavy atom. The Balaban J connectivity index is 2.23. The Bertz CT molecular complexity index is 461. The van der Waals surface area contributed by atoms with Crippen molar-refractivity contribution >= 4 is 17.3 Å². The Morgan fingerprint density at radius 2 is 2.17 bits per heavy atom. The summed E-state index contributed by atoms with van der Waals surface area (Å²) >= 11 is 1.72. The Morgan fingerprint density at radius 3 is 2.78 bits per heavy atom. The number of nitrogens with zero attached hydrogens (tertiary/aromatic N) is 3. The third kappa shape index (κ3) is 8.29. The summed E-state index contributed by atoms with van der Waals surface area (Å²) < 4.78 is 5.07. The molecule has 0 aromatic carbocycles. The zero-order valence-corrected chi connectivity index (χ0v) is 15.9. The van der Waals surface area contributed by atoms with Crippen LogP contribution in [0.15, 0.2) is 10.4 Å². The van der Waals surface area contributed by atoms with Gasteiger partial charge in [-0.2, -0.15) is 0 Å². The minimum atomic E-state index is 0.486. The first-order chi connectivity index (χ1) is 11.1. The normalized spacial score (nSPS) is 12.2. The minimum Gasteiger partial charge on any atom is -0.385 e. The molecule has 23 heavy (non-hydrogen) atoms. The predicted molar refractivity (Wildman–Crippen MR) is 98.4 cm³/mol. The van der Waals surface area contributed by atoms with Gasteiger partial charge in [0.2, 0.25) is 0 Å². The highest BCUT2D eigenvalue weighted by atomic mass is 32.1. The van der Waals surface area contributed by atoms with Crippen molar-refractivity contribution in [2.75, 3.05) is 47.4 Å². The average Bonchev–Trinajstić information content (AvgIpc) is 3.00. The fraction of sp³-hybridized carbons (Fsp3) is 0.750. The summed E-state index contributed by atoms with van der Waals surface area (Å²) in [5, 5.41) is 9.93. The molecule has 0 aliphatic carbocycles. The predicted octanol–water partition coefficient (Wildman–Crippen LogP) is 1.90. The molecule has 2 N–H and O–H groups in total. The highest BCUT2D eigenvalue weighted by molar-refractivity contribution is 7.09. The molecule has 7 heteroatoms. The maximum absolute atomic E-state index is 5.07. The van der Waals surface area contributed by atoms with Crippen LogP contribution in [-0.2, 0) is 11.3 Å². The molecule has 0 amide bonds. The molecule has 0 unspecified atom stereocenters. The Labute approximate surface area is 144 Å². The molecule has 0 aliphatic heterocycles. The lowest BCUT2D eigenvalue weighted by molar-refractivity contribution is 0.180. The lowest BCUT2D eigenvalue weighted by atomic mass is 10.2. The summed E-state index contributed by atoms with van der Waals surface area (Å²) in [6.07, 6.45) is 1.06. The van der Waals surface area contributed by atoms with E-state index in [1.54, 1.807) is 25.5 Å². The number of aliphatic imine (C=N–C) groups is 1. The third-order valence-corrected chi connectivity index (χ3v) is 4.59. The standard InChI is InChI=1S/C16H31N5OS/c1-13(2)15-20-14(12-23-15)11-19-16(17-3)18-7-9-21(4)8-6-10-22-5/h12-13H,6-11H2,1-5H3,(H2,17,18,19). The molecule has 0 atom stereocenters. The number of thiazole rings is 1. The topological polar surface area (TPSA) is 61.8 Å². The van der Waals surface area contributed by atoms with Crippen molar-refractivity contribution in [1.82, 2.24) is 20.5 Å². The van der Waals surface area contributed by atoms with Crippen LogP contribution >= 0.6 is 11.3 Å². The smallest absolute Gasteiger partial charge is 0.191 e. The highest BCUT2D eigenvalue weighted by Crippen LogP contribution is 2.18. The molecule has 1 aromatic rings. The lowest BCUT2D eigenvalue weighted by Gasteiger charge is -2.18. The maximum Gasteiger partial charge on any atom is 0.191 e. The average molecular weight is 342 g/mol. The van der Waals surface area contributed by atoms with E-state index in [9.17, 15) is 0 Å². The molecule has 6 nitrogen and oxygen atoms in total. The van der Waals surface area contributed by atoms with Crippen molar-refractivity contribution in [2.45, 2.75) is 32.7 Å². The summed E-state index contributed by atoms with van der Waals surface area (Å²) in [6.45, 7) is 8.72. The Kier molecular flexibility index (Phi) is 9.82. The van der Waals surface area contributed by atoms with Gasteiger partial charge in [0.05, 0.1) is 17.2 Å². The number of likely N-dealkylation sites (N-methyl/N-ethyl adjacent to an activating group) is 1. The molecule has 1 rings (SSSR count). The van der Waals surface area contributed by atoms with Crippen molar-refractivity contribution in [2.24, 2.45) is 4.99 Å². The summed E-state index contributed by atoms with van der Waals surface area (Å²) in [5.41, 5.74) is 1.07. The summed E-state index contributed by atoms with van der Waals surface area (Å²) in [4.78, 5) is 11.2. The largest absolute Gasteiger partial charge is 0.385 e. The molecule has 132 valence electrons. The van der Waals surface area contributed by atoms with Crippen LogP contribution in [0.1, 0.15) is 36.9 Å². The second-order valence-electron chi connectivity index (χ2n) is 5.83. The fourth-order valence-electron chi connectivity index (χ4n) is 2.02. The minimum absolute atomic E-state index is 0.486. The van der Waals surface area contributed by atoms with Crippen LogP contribution < -0.4 is 10.6 Å². The van der Waals surface area contributed by atoms with E-state index in [2.05, 4.69) is 51.8 Å². The second-order valence-corrected chi connectivity index (χ2v) is 6.72. The van der Waals surface area contributed by atoms with E-state index in [0.29, 0.717) is 12.5 Å². The molecular weight excluding hydrogens is 310 g/mol. The number of nitrogens with one attached hydrogen (secondary N) is 2. The van der Waals surface area contributed by atoms with Crippen molar-refractivity contribution in [3.8, 4) is 0 Å². The van der Waals surface area contributed by atoms with Gasteiger partial charge >= 0.3 is 0 Å². The van der Waals surface area contributed by atoms with Crippen LogP contribution in [0, 0.1) is 0 Å². The monoisotopic (exact) mass is 341 g/mol. The van der Waals surface area contributed by atoms with Gasteiger partial charge in [-0.05, 0) is 13.5 Å². The van der Waals surface area contributed by atoms with E-state index in [-0.39, 0.29) is 0 Å². The number of ether oxygens (including phenoxy) is 1. The molecule has 1 aromatic heterocycles. The zero-order valence-electron chi connectivity index (χ0n) is 15.1. The van der Waals surface area contributed by atoms with Crippen LogP contribution in [0.5, 0.6) is 0 Å². The van der Waals surface area contributed by atoms with Crippen molar-refractivity contribution < 1.29 is 4.74 Å². The molecular formula is C16H31N5OS. The van der Waals surface area contributed by atoms with Crippen molar-refractivity contribution in [1.29, 1.82) is 0 Å². The first kappa shape index (κ1) is 19.9. The van der Waals surface area contributed by atoms with Crippen LogP contribution in [0.25, 0.3) is 0 Å².